The second kappa shape index (κ2) is 8.33. The van der Waals surface area contributed by atoms with E-state index in [9.17, 15) is 17.2 Å². The van der Waals surface area contributed by atoms with Crippen molar-refractivity contribution in [2.75, 3.05) is 13.7 Å². The number of rotatable bonds is 7. The van der Waals surface area contributed by atoms with Gasteiger partial charge in [-0.05, 0) is 55.8 Å². The fourth-order valence-corrected chi connectivity index (χ4v) is 5.13. The monoisotopic (exact) mass is 464 g/mol. The number of aryl methyl sites for hydroxylation is 1. The Balaban J connectivity index is 1.46. The maximum atomic E-state index is 13.8. The second-order valence-electron chi connectivity index (χ2n) is 6.69. The lowest BCUT2D eigenvalue weighted by atomic mass is 10.2. The van der Waals surface area contributed by atoms with Crippen molar-refractivity contribution in [3.63, 3.8) is 0 Å². The minimum Gasteiger partial charge on any atom is -0.494 e. The molecule has 0 radical (unpaired) electrons. The molecule has 0 aliphatic carbocycles. The van der Waals surface area contributed by atoms with E-state index in [1.807, 2.05) is 6.92 Å². The maximum Gasteiger partial charge on any atom is 0.240 e. The van der Waals surface area contributed by atoms with Gasteiger partial charge in [-0.15, -0.1) is 5.10 Å². The average molecular weight is 465 g/mol. The first-order chi connectivity index (χ1) is 14.8. The van der Waals surface area contributed by atoms with Crippen LogP contribution in [0.1, 0.15) is 10.6 Å². The molecule has 0 bridgehead atoms. The second-order valence-corrected chi connectivity index (χ2v) is 9.52. The summed E-state index contributed by atoms with van der Waals surface area (Å²) in [5.74, 6) is -0.612. The van der Waals surface area contributed by atoms with E-state index in [0.717, 1.165) is 16.6 Å². The number of hydrogen-bond donors (Lipinski definition) is 1. The summed E-state index contributed by atoms with van der Waals surface area (Å²) in [6, 6.07) is 9.41. The van der Waals surface area contributed by atoms with Crippen LogP contribution in [0.5, 0.6) is 5.75 Å². The Morgan fingerprint density at radius 2 is 1.90 bits per heavy atom. The Morgan fingerprint density at radius 1 is 1.16 bits per heavy atom. The molecule has 0 spiro atoms. The lowest BCUT2D eigenvalue weighted by Crippen LogP contribution is -2.26. The highest BCUT2D eigenvalue weighted by Gasteiger charge is 2.18. The number of benzene rings is 2. The molecule has 0 unspecified atom stereocenters. The smallest absolute Gasteiger partial charge is 0.240 e. The molecule has 7 nitrogen and oxygen atoms in total. The number of thiazole rings is 1. The quantitative estimate of drug-likeness (QED) is 0.452. The summed E-state index contributed by atoms with van der Waals surface area (Å²) in [6.45, 7) is 2.00. The van der Waals surface area contributed by atoms with Gasteiger partial charge < -0.3 is 4.74 Å². The number of nitrogens with one attached hydrogen (secondary N) is 1. The molecule has 0 saturated heterocycles. The average Bonchev–Trinajstić information content (AvgIpc) is 3.28. The summed E-state index contributed by atoms with van der Waals surface area (Å²) < 4.78 is 60.8. The molecule has 162 valence electrons. The van der Waals surface area contributed by atoms with E-state index < -0.39 is 15.8 Å². The highest BCUT2D eigenvalue weighted by atomic mass is 32.2. The van der Waals surface area contributed by atoms with Crippen LogP contribution in [0.2, 0.25) is 0 Å². The molecule has 11 heteroatoms. The van der Waals surface area contributed by atoms with Crippen molar-refractivity contribution in [3.8, 4) is 17.1 Å². The van der Waals surface area contributed by atoms with Gasteiger partial charge in [0.2, 0.25) is 15.0 Å². The molecule has 0 saturated carbocycles. The van der Waals surface area contributed by atoms with Crippen LogP contribution in [0.25, 0.3) is 16.3 Å². The van der Waals surface area contributed by atoms with Gasteiger partial charge in [-0.3, -0.25) is 0 Å². The third kappa shape index (κ3) is 4.29. The van der Waals surface area contributed by atoms with Gasteiger partial charge in [0.1, 0.15) is 5.82 Å². The first-order valence-electron chi connectivity index (χ1n) is 9.22. The molecule has 4 aromatic rings. The van der Waals surface area contributed by atoms with Crippen molar-refractivity contribution >= 4 is 26.3 Å². The zero-order valence-corrected chi connectivity index (χ0v) is 18.2. The van der Waals surface area contributed by atoms with Crippen LogP contribution in [-0.2, 0) is 16.4 Å². The van der Waals surface area contributed by atoms with Crippen molar-refractivity contribution in [3.05, 3.63) is 64.7 Å². The van der Waals surface area contributed by atoms with Gasteiger partial charge in [0.15, 0.2) is 17.4 Å². The van der Waals surface area contributed by atoms with Crippen molar-refractivity contribution in [1.29, 1.82) is 0 Å². The molecule has 31 heavy (non-hydrogen) atoms. The Morgan fingerprint density at radius 3 is 2.55 bits per heavy atom. The summed E-state index contributed by atoms with van der Waals surface area (Å²) in [5, 5.41) is 4.46. The predicted octanol–water partition coefficient (Wildman–Crippen LogP) is 3.57. The SMILES string of the molecule is COc1ccc(S(=O)(=O)NCCc2sc3nc(-c4ccc(F)cc4)nn3c2C)cc1F. The van der Waals surface area contributed by atoms with Crippen LogP contribution in [0.3, 0.4) is 0 Å². The molecule has 1 N–H and O–H groups in total. The van der Waals surface area contributed by atoms with Crippen LogP contribution < -0.4 is 9.46 Å². The minimum absolute atomic E-state index is 0.0241. The van der Waals surface area contributed by atoms with Crippen LogP contribution >= 0.6 is 11.3 Å². The number of methoxy groups -OCH3 is 1. The van der Waals surface area contributed by atoms with Crippen molar-refractivity contribution in [2.24, 2.45) is 0 Å². The number of hydrogen-bond acceptors (Lipinski definition) is 6. The van der Waals surface area contributed by atoms with Crippen molar-refractivity contribution in [1.82, 2.24) is 19.3 Å². The highest BCUT2D eigenvalue weighted by molar-refractivity contribution is 7.89. The predicted molar refractivity (Wildman–Crippen MR) is 113 cm³/mol. The molecule has 2 aromatic carbocycles. The Kier molecular flexibility index (Phi) is 5.73. The van der Waals surface area contributed by atoms with E-state index in [1.54, 1.807) is 16.6 Å². The van der Waals surface area contributed by atoms with Gasteiger partial charge in [-0.1, -0.05) is 11.3 Å². The van der Waals surface area contributed by atoms with E-state index in [0.29, 0.717) is 22.8 Å². The number of nitrogens with zero attached hydrogens (tertiary/aromatic N) is 3. The first-order valence-corrected chi connectivity index (χ1v) is 11.5. The normalized spacial score (nSPS) is 11.9. The van der Waals surface area contributed by atoms with Crippen LogP contribution in [0.15, 0.2) is 47.4 Å². The number of aromatic nitrogens is 3. The summed E-state index contributed by atoms with van der Waals surface area (Å²) in [5.41, 5.74) is 1.55. The Labute approximate surface area is 181 Å². The van der Waals surface area contributed by atoms with E-state index in [1.165, 1.54) is 42.7 Å². The largest absolute Gasteiger partial charge is 0.494 e. The lowest BCUT2D eigenvalue weighted by Gasteiger charge is -2.08. The molecular formula is C20H18F2N4O3S2. The zero-order chi connectivity index (χ0) is 22.2. The van der Waals surface area contributed by atoms with Gasteiger partial charge >= 0.3 is 0 Å². The number of sulfonamides is 1. The topological polar surface area (TPSA) is 85.6 Å². The molecule has 0 amide bonds. The van der Waals surface area contributed by atoms with E-state index >= 15 is 0 Å². The van der Waals surface area contributed by atoms with Crippen molar-refractivity contribution in [2.45, 2.75) is 18.2 Å². The van der Waals surface area contributed by atoms with Gasteiger partial charge in [0.05, 0.1) is 17.7 Å². The lowest BCUT2D eigenvalue weighted by molar-refractivity contribution is 0.385. The molecule has 4 rings (SSSR count). The van der Waals surface area contributed by atoms with Crippen LogP contribution in [0.4, 0.5) is 8.78 Å². The fraction of sp³-hybridized carbons (Fsp3) is 0.200. The van der Waals surface area contributed by atoms with Gasteiger partial charge in [0, 0.05) is 17.0 Å². The molecule has 2 heterocycles. The van der Waals surface area contributed by atoms with Gasteiger partial charge in [-0.25, -0.2) is 26.4 Å². The molecule has 0 aliphatic rings. The standard InChI is InChI=1S/C20H18F2N4O3S2/c1-12-18(9-10-23-31(27,28)15-7-8-17(29-2)16(22)11-15)30-20-24-19(25-26(12)20)13-3-5-14(21)6-4-13/h3-8,11,23H,9-10H2,1-2H3. The van der Waals surface area contributed by atoms with E-state index in [2.05, 4.69) is 14.8 Å². The minimum atomic E-state index is -3.86. The summed E-state index contributed by atoms with van der Waals surface area (Å²) in [7, 11) is -2.56. The fourth-order valence-electron chi connectivity index (χ4n) is 3.03. The third-order valence-electron chi connectivity index (χ3n) is 4.69. The maximum absolute atomic E-state index is 13.8. The highest BCUT2D eigenvalue weighted by Crippen LogP contribution is 2.25. The van der Waals surface area contributed by atoms with Crippen LogP contribution in [-0.4, -0.2) is 36.7 Å². The first kappa shape index (κ1) is 21.3. The molecule has 2 aromatic heterocycles. The summed E-state index contributed by atoms with van der Waals surface area (Å²) >= 11 is 1.40. The van der Waals surface area contributed by atoms with Crippen LogP contribution in [0, 0.1) is 18.6 Å². The summed E-state index contributed by atoms with van der Waals surface area (Å²) in [6.07, 6.45) is 0.422. The number of ether oxygens (including phenoxy) is 1. The Hall–Kier alpha value is -2.89. The van der Waals surface area contributed by atoms with Gasteiger partial charge in [0.25, 0.3) is 0 Å². The number of fused-ring (bicyclic) bond motifs is 1. The summed E-state index contributed by atoms with van der Waals surface area (Å²) in [4.78, 5) is 5.89. The molecular weight excluding hydrogens is 446 g/mol. The molecule has 0 fully saturated rings. The zero-order valence-electron chi connectivity index (χ0n) is 16.6. The third-order valence-corrected chi connectivity index (χ3v) is 7.34. The molecule has 0 atom stereocenters. The molecule has 0 aliphatic heterocycles. The van der Waals surface area contributed by atoms with E-state index in [-0.39, 0.29) is 23.0 Å². The Bertz CT molecular complexity index is 1350. The van der Waals surface area contributed by atoms with Crippen molar-refractivity contribution < 1.29 is 21.9 Å². The van der Waals surface area contributed by atoms with Gasteiger partial charge in [-0.2, -0.15) is 4.98 Å². The van der Waals surface area contributed by atoms with E-state index in [4.69, 9.17) is 4.74 Å². The number of halogens is 2.